The minimum atomic E-state index is -0.432. The van der Waals surface area contributed by atoms with Crippen LogP contribution in [-0.2, 0) is 31.5 Å². The molecule has 2 saturated heterocycles. The topological polar surface area (TPSA) is 45.1 Å². The molecule has 6 aromatic carbocycles. The van der Waals surface area contributed by atoms with E-state index in [2.05, 4.69) is 212 Å². The van der Waals surface area contributed by atoms with Crippen molar-refractivity contribution < 1.29 is 18.6 Å². The van der Waals surface area contributed by atoms with E-state index >= 15 is 0 Å². The Bertz CT molecular complexity index is 2650. The molecule has 0 saturated carbocycles. The molecule has 1 aromatic heterocycles. The number of aromatic nitrogens is 1. The molecule has 0 N–H and O–H groups in total. The van der Waals surface area contributed by atoms with E-state index in [1.54, 1.807) is 0 Å². The van der Waals surface area contributed by atoms with E-state index in [0.717, 1.165) is 46.4 Å². The average Bonchev–Trinajstić information content (AvgIpc) is 3.86. The molecular weight excluding hydrogens is 834 g/mol. The summed E-state index contributed by atoms with van der Waals surface area (Å²) < 4.78 is 28.1. The van der Waals surface area contributed by atoms with Crippen molar-refractivity contribution in [1.29, 1.82) is 0 Å². The maximum Gasteiger partial charge on any atom is 0.494 e. The maximum atomic E-state index is 6.42. The number of anilines is 3. The van der Waals surface area contributed by atoms with E-state index in [1.807, 2.05) is 0 Å². The van der Waals surface area contributed by atoms with Crippen molar-refractivity contribution >= 4 is 64.0 Å². The van der Waals surface area contributed by atoms with E-state index < -0.39 is 36.6 Å². The fourth-order valence-corrected chi connectivity index (χ4v) is 9.79. The minimum absolute atomic E-state index is 0.413. The zero-order chi connectivity index (χ0) is 47.8. The zero-order valence-corrected chi connectivity index (χ0v) is 42.5. The summed E-state index contributed by atoms with van der Waals surface area (Å²) in [5.74, 6) is 0. The maximum absolute atomic E-state index is 6.42. The normalized spacial score (nSPS) is 17.1. The van der Waals surface area contributed by atoms with Gasteiger partial charge >= 0.3 is 14.2 Å². The number of unbranched alkanes of at least 4 members (excludes halogenated alkanes) is 6. The Morgan fingerprint density at radius 2 is 0.765 bits per heavy atom. The highest BCUT2D eigenvalue weighted by atomic mass is 16.7. The Morgan fingerprint density at radius 3 is 1.13 bits per heavy atom. The predicted molar refractivity (Wildman–Crippen MR) is 288 cm³/mol. The van der Waals surface area contributed by atoms with Gasteiger partial charge in [0.25, 0.3) is 0 Å². The fraction of sp³-hybridized carbons (Fsp3) is 0.400. The van der Waals surface area contributed by atoms with Crippen molar-refractivity contribution in [2.24, 2.45) is 0 Å². The quantitative estimate of drug-likeness (QED) is 0.0673. The van der Waals surface area contributed by atoms with Crippen LogP contribution in [0.2, 0.25) is 0 Å². The molecule has 2 aliphatic rings. The molecule has 0 atom stereocenters. The third kappa shape index (κ3) is 9.59. The number of hydrogen-bond donors (Lipinski definition) is 0. The molecule has 352 valence electrons. The van der Waals surface area contributed by atoms with E-state index in [9.17, 15) is 0 Å². The SMILES string of the molecule is CCCCCCc1ccc2c(c1)c1cc(CCCCCC)ccc1n2-c1ccc(-c2ccc(N(c3ccc(B4OC(C)(C)C(C)(C)O4)cc3)c3ccc(B4OC(C)(C)C(C)(C)O4)cc3)cc2)cc1. The van der Waals surface area contributed by atoms with Crippen LogP contribution >= 0.6 is 0 Å². The van der Waals surface area contributed by atoms with Crippen LogP contribution in [0.4, 0.5) is 17.1 Å². The number of fused-ring (bicyclic) bond motifs is 3. The molecule has 68 heavy (non-hydrogen) atoms. The van der Waals surface area contributed by atoms with Gasteiger partial charge in [0.15, 0.2) is 0 Å². The summed E-state index contributed by atoms with van der Waals surface area (Å²) in [6.07, 6.45) is 12.5. The Kier molecular flexibility index (Phi) is 13.6. The Morgan fingerprint density at radius 1 is 0.412 bits per heavy atom. The highest BCUT2D eigenvalue weighted by Gasteiger charge is 2.52. The fourth-order valence-electron chi connectivity index (χ4n) is 9.79. The smallest absolute Gasteiger partial charge is 0.399 e. The molecule has 7 aromatic rings. The van der Waals surface area contributed by atoms with Crippen LogP contribution in [0.5, 0.6) is 0 Å². The highest BCUT2D eigenvalue weighted by Crippen LogP contribution is 2.41. The minimum Gasteiger partial charge on any atom is -0.399 e. The van der Waals surface area contributed by atoms with E-state index in [4.69, 9.17) is 18.6 Å². The average molecular weight is 907 g/mol. The van der Waals surface area contributed by atoms with Crippen molar-refractivity contribution in [3.63, 3.8) is 0 Å². The third-order valence-corrected chi connectivity index (χ3v) is 15.5. The summed E-state index contributed by atoms with van der Waals surface area (Å²) >= 11 is 0. The second-order valence-corrected chi connectivity index (χ2v) is 21.4. The Hall–Kier alpha value is -5.11. The molecule has 0 bridgehead atoms. The molecule has 2 fully saturated rings. The van der Waals surface area contributed by atoms with Gasteiger partial charge in [-0.2, -0.15) is 0 Å². The summed E-state index contributed by atoms with van der Waals surface area (Å²) in [5.41, 5.74) is 12.4. The van der Waals surface area contributed by atoms with Gasteiger partial charge in [0.1, 0.15) is 0 Å². The van der Waals surface area contributed by atoms with Crippen LogP contribution < -0.4 is 15.8 Å². The van der Waals surface area contributed by atoms with Gasteiger partial charge in [0, 0.05) is 33.5 Å². The Labute approximate surface area is 407 Å². The van der Waals surface area contributed by atoms with E-state index in [-0.39, 0.29) is 0 Å². The molecule has 3 heterocycles. The number of rotatable bonds is 17. The van der Waals surface area contributed by atoms with Crippen molar-refractivity contribution in [2.45, 2.75) is 156 Å². The van der Waals surface area contributed by atoms with Crippen LogP contribution in [0.1, 0.15) is 132 Å². The lowest BCUT2D eigenvalue weighted by Crippen LogP contribution is -2.41. The molecule has 8 heteroatoms. The summed E-state index contributed by atoms with van der Waals surface area (Å²) in [5, 5.41) is 2.72. The largest absolute Gasteiger partial charge is 0.494 e. The van der Waals surface area contributed by atoms with Gasteiger partial charge in [-0.25, -0.2) is 0 Å². The number of nitrogens with zero attached hydrogens (tertiary/aromatic N) is 2. The van der Waals surface area contributed by atoms with Crippen molar-refractivity contribution in [3.05, 3.63) is 145 Å². The van der Waals surface area contributed by atoms with Crippen molar-refractivity contribution in [2.75, 3.05) is 4.90 Å². The predicted octanol–water partition coefficient (Wildman–Crippen LogP) is 14.8. The number of hydrogen-bond acceptors (Lipinski definition) is 5. The zero-order valence-electron chi connectivity index (χ0n) is 42.5. The third-order valence-electron chi connectivity index (χ3n) is 15.5. The molecule has 9 rings (SSSR count). The summed E-state index contributed by atoms with van der Waals surface area (Å²) in [6.45, 7) is 21.3. The molecule has 0 amide bonds. The van der Waals surface area contributed by atoms with Gasteiger partial charge in [0.2, 0.25) is 0 Å². The monoisotopic (exact) mass is 907 g/mol. The number of benzene rings is 6. The first-order chi connectivity index (χ1) is 32.6. The van der Waals surface area contributed by atoms with Gasteiger partial charge < -0.3 is 28.1 Å². The van der Waals surface area contributed by atoms with Crippen LogP contribution in [-0.4, -0.2) is 41.2 Å². The van der Waals surface area contributed by atoms with Gasteiger partial charge in [-0.3, -0.25) is 0 Å². The molecular formula is C60H72B2N2O4. The van der Waals surface area contributed by atoms with E-state index in [1.165, 1.54) is 95.6 Å². The van der Waals surface area contributed by atoms with Crippen LogP contribution in [0.25, 0.3) is 38.6 Å². The molecule has 0 spiro atoms. The lowest BCUT2D eigenvalue weighted by molar-refractivity contribution is 0.00578. The molecule has 0 aliphatic carbocycles. The van der Waals surface area contributed by atoms with Crippen LogP contribution in [0.15, 0.2) is 133 Å². The van der Waals surface area contributed by atoms with Gasteiger partial charge in [-0.1, -0.05) is 113 Å². The summed E-state index contributed by atoms with van der Waals surface area (Å²) in [7, 11) is -0.864. The second-order valence-electron chi connectivity index (χ2n) is 21.4. The molecule has 6 nitrogen and oxygen atoms in total. The summed E-state index contributed by atoms with van der Waals surface area (Å²) in [4.78, 5) is 2.30. The summed E-state index contributed by atoms with van der Waals surface area (Å²) in [6, 6.07) is 49.5. The first-order valence-electron chi connectivity index (χ1n) is 25.6. The molecule has 2 aliphatic heterocycles. The van der Waals surface area contributed by atoms with Crippen molar-refractivity contribution in [1.82, 2.24) is 4.57 Å². The first-order valence-corrected chi connectivity index (χ1v) is 25.6. The van der Waals surface area contributed by atoms with Gasteiger partial charge in [-0.15, -0.1) is 0 Å². The van der Waals surface area contributed by atoms with Gasteiger partial charge in [-0.05, 0) is 187 Å². The molecule has 0 radical (unpaired) electrons. The first kappa shape index (κ1) is 47.9. The van der Waals surface area contributed by atoms with Crippen molar-refractivity contribution in [3.8, 4) is 16.8 Å². The number of aryl methyl sites for hydroxylation is 2. The Balaban J connectivity index is 1.01. The molecule has 0 unspecified atom stereocenters. The van der Waals surface area contributed by atoms with Gasteiger partial charge in [0.05, 0.1) is 33.4 Å². The van der Waals surface area contributed by atoms with Crippen LogP contribution in [0.3, 0.4) is 0 Å². The van der Waals surface area contributed by atoms with E-state index in [0.29, 0.717) is 0 Å². The lowest BCUT2D eigenvalue weighted by Gasteiger charge is -2.32. The standard InChI is InChI=1S/C60H72B2N2O4/c1-11-13-15-17-19-43-21-39-55-53(41-43)54-42-44(20-18-16-14-12-2)22-40-56(54)64(55)52-33-25-46(26-34-52)45-23-31-49(32-24-45)63(50-35-27-47(28-36-50)61-65-57(3,4)58(5,6)66-61)51-37-29-48(30-38-51)62-67-59(7,8)60(9,10)68-62/h21-42H,11-20H2,1-10H3. The second kappa shape index (κ2) is 19.4. The lowest BCUT2D eigenvalue weighted by atomic mass is 9.79. The highest BCUT2D eigenvalue weighted by molar-refractivity contribution is 6.62. The van der Waals surface area contributed by atoms with Crippen LogP contribution in [0, 0.1) is 0 Å².